The third-order valence-electron chi connectivity index (χ3n) is 2.47. The number of rotatable bonds is 8. The topological polar surface area (TPSA) is 64.6 Å². The quantitative estimate of drug-likeness (QED) is 0.592. The van der Waals surface area contributed by atoms with Crippen LogP contribution < -0.4 is 14.2 Å². The van der Waals surface area contributed by atoms with E-state index in [1.54, 1.807) is 18.2 Å². The number of unbranched alkanes of at least 4 members (excludes halogenated alkanes) is 1. The first-order valence-corrected chi connectivity index (χ1v) is 7.99. The first-order valence-electron chi connectivity index (χ1n) is 5.81. The molecule has 1 N–H and O–H groups in total. The molecule has 0 fully saturated rings. The fraction of sp³-hybridized carbons (Fsp3) is 0.500. The maximum Gasteiger partial charge on any atom is 0.232 e. The van der Waals surface area contributed by atoms with Gasteiger partial charge in [-0.15, -0.1) is 11.6 Å². The Balaban J connectivity index is 2.80. The highest BCUT2D eigenvalue weighted by Crippen LogP contribution is 2.29. The summed E-state index contributed by atoms with van der Waals surface area (Å²) in [6, 6.07) is 4.90. The van der Waals surface area contributed by atoms with E-state index in [1.807, 2.05) is 0 Å². The van der Waals surface area contributed by atoms with Crippen molar-refractivity contribution in [1.82, 2.24) is 0 Å². The van der Waals surface area contributed by atoms with E-state index < -0.39 is 10.0 Å². The number of hydrogen-bond donors (Lipinski definition) is 1. The highest BCUT2D eigenvalue weighted by molar-refractivity contribution is 7.92. The van der Waals surface area contributed by atoms with E-state index in [0.717, 1.165) is 0 Å². The Hall–Kier alpha value is -1.14. The molecule has 0 aliphatic carbocycles. The van der Waals surface area contributed by atoms with E-state index >= 15 is 0 Å². The molecule has 0 aromatic heterocycles. The van der Waals surface area contributed by atoms with Crippen molar-refractivity contribution in [2.24, 2.45) is 0 Å². The third kappa shape index (κ3) is 5.16. The van der Waals surface area contributed by atoms with E-state index in [1.165, 1.54) is 14.2 Å². The Morgan fingerprint density at radius 1 is 1.21 bits per heavy atom. The van der Waals surface area contributed by atoms with Gasteiger partial charge in [0.1, 0.15) is 11.5 Å². The van der Waals surface area contributed by atoms with Gasteiger partial charge in [-0.1, -0.05) is 0 Å². The first-order chi connectivity index (χ1) is 9.02. The number of anilines is 1. The van der Waals surface area contributed by atoms with Crippen molar-refractivity contribution >= 4 is 27.3 Å². The summed E-state index contributed by atoms with van der Waals surface area (Å²) in [5, 5.41) is 0. The normalized spacial score (nSPS) is 11.1. The predicted molar refractivity (Wildman–Crippen MR) is 76.9 cm³/mol. The number of halogens is 1. The van der Waals surface area contributed by atoms with E-state index in [2.05, 4.69) is 4.72 Å². The zero-order valence-corrected chi connectivity index (χ0v) is 12.6. The van der Waals surface area contributed by atoms with Crippen LogP contribution >= 0.6 is 11.6 Å². The number of nitrogens with one attached hydrogen (secondary N) is 1. The molecular formula is C12H18ClNO4S. The molecule has 1 rings (SSSR count). The minimum absolute atomic E-state index is 0.0366. The molecule has 1 aromatic carbocycles. The second-order valence-corrected chi connectivity index (χ2v) is 6.10. The number of ether oxygens (including phenoxy) is 2. The van der Waals surface area contributed by atoms with Gasteiger partial charge < -0.3 is 9.47 Å². The number of hydrogen-bond acceptors (Lipinski definition) is 4. The van der Waals surface area contributed by atoms with E-state index in [9.17, 15) is 8.42 Å². The van der Waals surface area contributed by atoms with Gasteiger partial charge in [0.2, 0.25) is 10.0 Å². The van der Waals surface area contributed by atoms with Crippen LogP contribution in [-0.4, -0.2) is 34.3 Å². The Kier molecular flexibility index (Phi) is 6.24. The zero-order chi connectivity index (χ0) is 14.3. The zero-order valence-electron chi connectivity index (χ0n) is 11.0. The maximum absolute atomic E-state index is 11.9. The lowest BCUT2D eigenvalue weighted by atomic mass is 10.3. The van der Waals surface area contributed by atoms with Crippen molar-refractivity contribution in [2.75, 3.05) is 30.6 Å². The summed E-state index contributed by atoms with van der Waals surface area (Å²) in [7, 11) is -0.384. The van der Waals surface area contributed by atoms with Gasteiger partial charge in [0.25, 0.3) is 0 Å². The van der Waals surface area contributed by atoms with Crippen molar-refractivity contribution in [2.45, 2.75) is 12.8 Å². The van der Waals surface area contributed by atoms with Crippen molar-refractivity contribution in [3.05, 3.63) is 18.2 Å². The monoisotopic (exact) mass is 307 g/mol. The molecule has 0 aliphatic rings. The standard InChI is InChI=1S/C12H18ClNO4S/c1-17-10-5-6-11(12(9-10)18-2)14-19(15,16)8-4-3-7-13/h5-6,9,14H,3-4,7-8H2,1-2H3. The van der Waals surface area contributed by atoms with Crippen molar-refractivity contribution in [3.63, 3.8) is 0 Å². The molecule has 0 aliphatic heterocycles. The molecule has 0 saturated carbocycles. The van der Waals surface area contributed by atoms with Crippen LogP contribution in [0.5, 0.6) is 11.5 Å². The number of sulfonamides is 1. The Morgan fingerprint density at radius 3 is 2.53 bits per heavy atom. The predicted octanol–water partition coefficient (Wildman–Crippen LogP) is 2.46. The molecule has 0 spiro atoms. The van der Waals surface area contributed by atoms with Gasteiger partial charge >= 0.3 is 0 Å². The summed E-state index contributed by atoms with van der Waals surface area (Å²) in [5.74, 6) is 1.51. The molecule has 1 aromatic rings. The van der Waals surface area contributed by atoms with Crippen molar-refractivity contribution in [1.29, 1.82) is 0 Å². The summed E-state index contributed by atoms with van der Waals surface area (Å²) in [6.45, 7) is 0. The second-order valence-electron chi connectivity index (χ2n) is 3.88. The van der Waals surface area contributed by atoms with Crippen LogP contribution in [0.25, 0.3) is 0 Å². The van der Waals surface area contributed by atoms with E-state index in [-0.39, 0.29) is 5.75 Å². The molecular weight excluding hydrogens is 290 g/mol. The molecule has 0 heterocycles. The summed E-state index contributed by atoms with van der Waals surface area (Å²) in [5.41, 5.74) is 0.397. The van der Waals surface area contributed by atoms with E-state index in [4.69, 9.17) is 21.1 Å². The molecule has 0 saturated heterocycles. The number of alkyl halides is 1. The molecule has 108 valence electrons. The van der Waals surface area contributed by atoms with Crippen LogP contribution in [0.4, 0.5) is 5.69 Å². The minimum atomic E-state index is -3.39. The largest absolute Gasteiger partial charge is 0.497 e. The van der Waals surface area contributed by atoms with Crippen LogP contribution in [-0.2, 0) is 10.0 Å². The minimum Gasteiger partial charge on any atom is -0.497 e. The van der Waals surface area contributed by atoms with Gasteiger partial charge in [0.15, 0.2) is 0 Å². The Morgan fingerprint density at radius 2 is 1.95 bits per heavy atom. The highest BCUT2D eigenvalue weighted by Gasteiger charge is 2.13. The Bertz CT molecular complexity index is 504. The van der Waals surface area contributed by atoms with Crippen LogP contribution in [0.3, 0.4) is 0 Å². The summed E-state index contributed by atoms with van der Waals surface area (Å²) >= 11 is 5.52. The summed E-state index contributed by atoms with van der Waals surface area (Å²) < 4.78 is 36.4. The van der Waals surface area contributed by atoms with Gasteiger partial charge in [0.05, 0.1) is 25.7 Å². The molecule has 7 heteroatoms. The van der Waals surface area contributed by atoms with Crippen molar-refractivity contribution < 1.29 is 17.9 Å². The Labute approximate surface area is 118 Å². The van der Waals surface area contributed by atoms with Crippen LogP contribution in [0, 0.1) is 0 Å². The molecule has 0 unspecified atom stereocenters. The molecule has 0 atom stereocenters. The fourth-order valence-electron chi connectivity index (χ4n) is 1.49. The van der Waals surface area contributed by atoms with Gasteiger partial charge in [-0.25, -0.2) is 8.42 Å². The third-order valence-corrected chi connectivity index (χ3v) is 4.10. The van der Waals surface area contributed by atoms with Crippen LogP contribution in [0.1, 0.15) is 12.8 Å². The molecule has 19 heavy (non-hydrogen) atoms. The van der Waals surface area contributed by atoms with Gasteiger partial charge in [0, 0.05) is 11.9 Å². The average Bonchev–Trinajstić information content (AvgIpc) is 2.39. The fourth-order valence-corrected chi connectivity index (χ4v) is 2.87. The van der Waals surface area contributed by atoms with Gasteiger partial charge in [-0.05, 0) is 25.0 Å². The number of methoxy groups -OCH3 is 2. The maximum atomic E-state index is 11.9. The molecule has 0 radical (unpaired) electrons. The SMILES string of the molecule is COc1ccc(NS(=O)(=O)CCCCCl)c(OC)c1. The smallest absolute Gasteiger partial charge is 0.232 e. The van der Waals surface area contributed by atoms with Gasteiger partial charge in [-0.3, -0.25) is 4.72 Å². The lowest BCUT2D eigenvalue weighted by molar-refractivity contribution is 0.395. The van der Waals surface area contributed by atoms with Crippen LogP contribution in [0.2, 0.25) is 0 Å². The number of benzene rings is 1. The average molecular weight is 308 g/mol. The van der Waals surface area contributed by atoms with Gasteiger partial charge in [-0.2, -0.15) is 0 Å². The second kappa shape index (κ2) is 7.45. The molecule has 5 nitrogen and oxygen atoms in total. The van der Waals surface area contributed by atoms with Crippen LogP contribution in [0.15, 0.2) is 18.2 Å². The molecule has 0 amide bonds. The molecule has 0 bridgehead atoms. The summed E-state index contributed by atoms with van der Waals surface area (Å²) in [6.07, 6.45) is 1.19. The lowest BCUT2D eigenvalue weighted by Gasteiger charge is -2.12. The highest BCUT2D eigenvalue weighted by atomic mass is 35.5. The lowest BCUT2D eigenvalue weighted by Crippen LogP contribution is -2.17. The first kappa shape index (κ1) is 15.9. The van der Waals surface area contributed by atoms with Crippen molar-refractivity contribution in [3.8, 4) is 11.5 Å². The summed E-state index contributed by atoms with van der Waals surface area (Å²) in [4.78, 5) is 0. The van der Waals surface area contributed by atoms with E-state index in [0.29, 0.717) is 35.9 Å².